The molecule has 2 heteroatoms. The Morgan fingerprint density at radius 3 is 2.61 bits per heavy atom. The largest absolute Gasteiger partial charge is 0.373 e. The first kappa shape index (κ1) is 13.9. The van der Waals surface area contributed by atoms with Crippen molar-refractivity contribution in [3.05, 3.63) is 0 Å². The molecule has 2 nitrogen and oxygen atoms in total. The van der Waals surface area contributed by atoms with Crippen LogP contribution >= 0.6 is 0 Å². The molecule has 0 atom stereocenters. The highest BCUT2D eigenvalue weighted by molar-refractivity contribution is 5.82. The lowest BCUT2D eigenvalue weighted by molar-refractivity contribution is 0.235. The van der Waals surface area contributed by atoms with Crippen LogP contribution < -0.4 is 5.32 Å². The number of hydrogen-bond acceptors (Lipinski definition) is 2. The molecule has 0 unspecified atom stereocenters. The molecule has 0 aromatic heterocycles. The second kappa shape index (κ2) is 6.58. The number of nitrogens with one attached hydrogen (secondary N) is 1. The molecule has 1 aliphatic carbocycles. The van der Waals surface area contributed by atoms with Gasteiger partial charge in [0.2, 0.25) is 0 Å². The molecule has 2 aliphatic rings. The van der Waals surface area contributed by atoms with E-state index in [2.05, 4.69) is 19.2 Å². The average Bonchev–Trinajstić information content (AvgIpc) is 2.63. The van der Waals surface area contributed by atoms with Crippen molar-refractivity contribution in [3.63, 3.8) is 0 Å². The lowest BCUT2D eigenvalue weighted by atomic mass is 9.78. The van der Waals surface area contributed by atoms with Gasteiger partial charge in [0.25, 0.3) is 0 Å². The Morgan fingerprint density at radius 1 is 1.11 bits per heavy atom. The highest BCUT2D eigenvalue weighted by atomic mass is 15.0. The minimum absolute atomic E-state index is 0.572. The van der Waals surface area contributed by atoms with Crippen LogP contribution in [0.5, 0.6) is 0 Å². The fourth-order valence-corrected chi connectivity index (χ4v) is 3.75. The van der Waals surface area contributed by atoms with Crippen molar-refractivity contribution < 1.29 is 0 Å². The predicted molar refractivity (Wildman–Crippen MR) is 79.1 cm³/mol. The second-order valence-corrected chi connectivity index (χ2v) is 6.80. The molecule has 1 saturated carbocycles. The first-order valence-corrected chi connectivity index (χ1v) is 7.97. The third-order valence-corrected chi connectivity index (χ3v) is 4.55. The Hall–Kier alpha value is -0.530. The van der Waals surface area contributed by atoms with Crippen molar-refractivity contribution in [1.29, 1.82) is 0 Å². The van der Waals surface area contributed by atoms with Crippen LogP contribution in [0.25, 0.3) is 0 Å². The van der Waals surface area contributed by atoms with Crippen LogP contribution in [0.1, 0.15) is 71.6 Å². The van der Waals surface area contributed by atoms with Gasteiger partial charge in [0, 0.05) is 19.5 Å². The van der Waals surface area contributed by atoms with Crippen LogP contribution in [-0.4, -0.2) is 18.9 Å². The van der Waals surface area contributed by atoms with E-state index in [4.69, 9.17) is 4.99 Å². The molecule has 2 rings (SSSR count). The van der Waals surface area contributed by atoms with Crippen LogP contribution in [0.15, 0.2) is 4.99 Å². The Bertz CT molecular complexity index is 275. The molecule has 1 aliphatic heterocycles. The van der Waals surface area contributed by atoms with Crippen molar-refractivity contribution in [3.8, 4) is 0 Å². The van der Waals surface area contributed by atoms with Crippen molar-refractivity contribution in [2.75, 3.05) is 13.1 Å². The lowest BCUT2D eigenvalue weighted by Crippen LogP contribution is -2.36. The molecule has 0 aromatic carbocycles. The maximum Gasteiger partial charge on any atom is 0.0963 e. The number of aliphatic imine (C=N–C) groups is 1. The zero-order chi connectivity index (χ0) is 12.8. The predicted octanol–water partition coefficient (Wildman–Crippen LogP) is 4.16. The second-order valence-electron chi connectivity index (χ2n) is 6.80. The molecule has 1 N–H and O–H groups in total. The van der Waals surface area contributed by atoms with Gasteiger partial charge in [0.1, 0.15) is 0 Å². The van der Waals surface area contributed by atoms with Gasteiger partial charge in [-0.05, 0) is 43.4 Å². The Kier molecular flexibility index (Phi) is 5.08. The van der Waals surface area contributed by atoms with E-state index < -0.39 is 0 Å². The highest BCUT2D eigenvalue weighted by Crippen LogP contribution is 2.42. The van der Waals surface area contributed by atoms with Gasteiger partial charge in [-0.25, -0.2) is 0 Å². The summed E-state index contributed by atoms with van der Waals surface area (Å²) in [5.74, 6) is 2.11. The van der Waals surface area contributed by atoms with Gasteiger partial charge in [-0.1, -0.05) is 33.1 Å². The Balaban J connectivity index is 1.87. The van der Waals surface area contributed by atoms with Gasteiger partial charge in [0.05, 0.1) is 5.84 Å². The standard InChI is InChI=1S/C16H30N2/c1-14(2)12-16(9-5-6-10-16)13-18-15-8-4-3-7-11-17-15/h14H,3-13H2,1-2H3,(H,17,18). The summed E-state index contributed by atoms with van der Waals surface area (Å²) < 4.78 is 0. The average molecular weight is 250 g/mol. The molecule has 104 valence electrons. The summed E-state index contributed by atoms with van der Waals surface area (Å²) in [6.07, 6.45) is 12.2. The lowest BCUT2D eigenvalue weighted by Gasteiger charge is -2.31. The maximum atomic E-state index is 4.70. The topological polar surface area (TPSA) is 24.4 Å². The first-order chi connectivity index (χ1) is 8.70. The van der Waals surface area contributed by atoms with E-state index in [0.29, 0.717) is 5.41 Å². The van der Waals surface area contributed by atoms with E-state index in [-0.39, 0.29) is 0 Å². The smallest absolute Gasteiger partial charge is 0.0963 e. The van der Waals surface area contributed by atoms with E-state index in [1.165, 1.54) is 70.2 Å². The normalized spacial score (nSPS) is 23.8. The van der Waals surface area contributed by atoms with Crippen molar-refractivity contribution in [2.24, 2.45) is 16.3 Å². The number of rotatable bonds is 4. The minimum Gasteiger partial charge on any atom is -0.373 e. The SMILES string of the molecule is CC(C)CC1(CNC2=NCCCCC2)CCCC1. The zero-order valence-corrected chi connectivity index (χ0v) is 12.3. The molecular weight excluding hydrogens is 220 g/mol. The summed E-state index contributed by atoms with van der Waals surface area (Å²) in [4.78, 5) is 4.70. The molecule has 0 saturated heterocycles. The van der Waals surface area contributed by atoms with Gasteiger partial charge in [-0.3, -0.25) is 4.99 Å². The fourth-order valence-electron chi connectivity index (χ4n) is 3.75. The molecule has 18 heavy (non-hydrogen) atoms. The molecule has 1 heterocycles. The van der Waals surface area contributed by atoms with Crippen LogP contribution in [0, 0.1) is 11.3 Å². The Labute approximate surface area is 113 Å². The van der Waals surface area contributed by atoms with E-state index in [1.54, 1.807) is 0 Å². The van der Waals surface area contributed by atoms with E-state index >= 15 is 0 Å². The molecule has 0 aromatic rings. The molecule has 1 fully saturated rings. The third kappa shape index (κ3) is 4.00. The van der Waals surface area contributed by atoms with Crippen LogP contribution in [0.2, 0.25) is 0 Å². The molecule has 0 radical (unpaired) electrons. The van der Waals surface area contributed by atoms with Gasteiger partial charge in [-0.2, -0.15) is 0 Å². The maximum absolute atomic E-state index is 4.70. The summed E-state index contributed by atoms with van der Waals surface area (Å²) in [6.45, 7) is 6.94. The van der Waals surface area contributed by atoms with Gasteiger partial charge in [0.15, 0.2) is 0 Å². The molecule has 0 spiro atoms. The van der Waals surface area contributed by atoms with Crippen LogP contribution in [0.3, 0.4) is 0 Å². The van der Waals surface area contributed by atoms with E-state index in [1.807, 2.05) is 0 Å². The zero-order valence-electron chi connectivity index (χ0n) is 12.3. The van der Waals surface area contributed by atoms with Gasteiger partial charge >= 0.3 is 0 Å². The van der Waals surface area contributed by atoms with Gasteiger partial charge < -0.3 is 5.32 Å². The summed E-state index contributed by atoms with van der Waals surface area (Å²) in [7, 11) is 0. The first-order valence-electron chi connectivity index (χ1n) is 7.97. The number of nitrogens with zero attached hydrogens (tertiary/aromatic N) is 1. The summed E-state index contributed by atoms with van der Waals surface area (Å²) in [6, 6.07) is 0. The quantitative estimate of drug-likeness (QED) is 0.796. The summed E-state index contributed by atoms with van der Waals surface area (Å²) in [5.41, 5.74) is 0.572. The van der Waals surface area contributed by atoms with Gasteiger partial charge in [-0.15, -0.1) is 0 Å². The monoisotopic (exact) mass is 250 g/mol. The molecule has 0 bridgehead atoms. The van der Waals surface area contributed by atoms with E-state index in [0.717, 1.165) is 12.5 Å². The number of hydrogen-bond donors (Lipinski definition) is 1. The van der Waals surface area contributed by atoms with Crippen molar-refractivity contribution in [2.45, 2.75) is 71.6 Å². The fraction of sp³-hybridized carbons (Fsp3) is 0.938. The Morgan fingerprint density at radius 2 is 1.89 bits per heavy atom. The number of amidine groups is 1. The van der Waals surface area contributed by atoms with Crippen molar-refractivity contribution in [1.82, 2.24) is 5.32 Å². The van der Waals surface area contributed by atoms with E-state index in [9.17, 15) is 0 Å². The molecular formula is C16H30N2. The van der Waals surface area contributed by atoms with Crippen LogP contribution in [0.4, 0.5) is 0 Å². The molecule has 0 amide bonds. The third-order valence-electron chi connectivity index (χ3n) is 4.55. The van der Waals surface area contributed by atoms with Crippen molar-refractivity contribution >= 4 is 5.84 Å². The summed E-state index contributed by atoms with van der Waals surface area (Å²) in [5, 5.41) is 3.70. The summed E-state index contributed by atoms with van der Waals surface area (Å²) >= 11 is 0. The van der Waals surface area contributed by atoms with Crippen LogP contribution in [-0.2, 0) is 0 Å². The highest BCUT2D eigenvalue weighted by Gasteiger charge is 2.34. The minimum atomic E-state index is 0.572.